The molecule has 1 N–H and O–H groups in total. The normalized spacial score (nSPS) is 16.5. The zero-order valence-corrected chi connectivity index (χ0v) is 14.5. The number of oxazole rings is 1. The fourth-order valence-corrected chi connectivity index (χ4v) is 3.71. The van der Waals surface area contributed by atoms with E-state index >= 15 is 0 Å². The minimum Gasteiger partial charge on any atom is -0.449 e. The average Bonchev–Trinajstić information content (AvgIpc) is 3.29. The summed E-state index contributed by atoms with van der Waals surface area (Å²) in [6, 6.07) is 5.98. The number of H-pyrrole nitrogens is 1. The van der Waals surface area contributed by atoms with Crippen molar-refractivity contribution < 1.29 is 9.21 Å². The number of aryl methyl sites for hydroxylation is 1. The van der Waals surface area contributed by atoms with Gasteiger partial charge in [0.15, 0.2) is 11.7 Å². The molecule has 0 radical (unpaired) electrons. The first-order valence-corrected chi connectivity index (χ1v) is 8.92. The fraction of sp³-hybridized carbons (Fsp3) is 0.400. The maximum atomic E-state index is 12.5. The minimum absolute atomic E-state index is 0.135. The molecule has 3 heterocycles. The molecule has 5 nitrogen and oxygen atoms in total. The van der Waals surface area contributed by atoms with E-state index in [9.17, 15) is 4.79 Å². The molecule has 2 aromatic heterocycles. The van der Waals surface area contributed by atoms with Gasteiger partial charge in [0.1, 0.15) is 6.26 Å². The van der Waals surface area contributed by atoms with Crippen molar-refractivity contribution in [3.63, 3.8) is 0 Å². The molecule has 0 unspecified atom stereocenters. The van der Waals surface area contributed by atoms with Crippen molar-refractivity contribution in [1.82, 2.24) is 14.9 Å². The number of aromatic nitrogens is 2. The summed E-state index contributed by atoms with van der Waals surface area (Å²) < 4.78 is 5.21. The molecule has 0 amide bonds. The van der Waals surface area contributed by atoms with Gasteiger partial charge in [-0.25, -0.2) is 4.98 Å². The Morgan fingerprint density at radius 3 is 2.96 bits per heavy atom. The van der Waals surface area contributed by atoms with E-state index in [1.807, 2.05) is 12.1 Å². The van der Waals surface area contributed by atoms with Crippen LogP contribution in [-0.2, 0) is 6.42 Å². The van der Waals surface area contributed by atoms with Gasteiger partial charge in [-0.05, 0) is 62.7 Å². The second-order valence-corrected chi connectivity index (χ2v) is 6.93. The molecule has 130 valence electrons. The van der Waals surface area contributed by atoms with Crippen LogP contribution in [-0.4, -0.2) is 40.8 Å². The molecule has 3 aromatic rings. The highest BCUT2D eigenvalue weighted by atomic mass is 16.3. The van der Waals surface area contributed by atoms with Crippen LogP contribution in [0.4, 0.5) is 0 Å². The van der Waals surface area contributed by atoms with Crippen LogP contribution in [0.15, 0.2) is 41.3 Å². The smallest absolute Gasteiger partial charge is 0.194 e. The topological polar surface area (TPSA) is 62.1 Å². The number of Topliss-reactive ketones (excluding diaryl/α,β-unsaturated/α-hetero) is 1. The first-order chi connectivity index (χ1) is 12.2. The number of aromatic amines is 1. The zero-order chi connectivity index (χ0) is 17.2. The number of ketones is 1. The molecule has 1 saturated heterocycles. The fourth-order valence-electron chi connectivity index (χ4n) is 3.71. The summed E-state index contributed by atoms with van der Waals surface area (Å²) in [6.07, 6.45) is 8.58. The van der Waals surface area contributed by atoms with Crippen LogP contribution in [0.2, 0.25) is 0 Å². The summed E-state index contributed by atoms with van der Waals surface area (Å²) in [6.45, 7) is 2.26. The number of fused-ring (bicyclic) bond motifs is 1. The average molecular weight is 337 g/mol. The van der Waals surface area contributed by atoms with Crippen molar-refractivity contribution in [2.45, 2.75) is 31.6 Å². The molecule has 25 heavy (non-hydrogen) atoms. The van der Waals surface area contributed by atoms with E-state index in [4.69, 9.17) is 4.42 Å². The number of hydrogen-bond acceptors (Lipinski definition) is 4. The Balaban J connectivity index is 1.54. The number of nitrogens with zero attached hydrogens (tertiary/aromatic N) is 2. The molecule has 1 aliphatic rings. The Kier molecular flexibility index (Phi) is 4.40. The van der Waals surface area contributed by atoms with Crippen LogP contribution < -0.4 is 0 Å². The van der Waals surface area contributed by atoms with E-state index in [2.05, 4.69) is 34.2 Å². The maximum Gasteiger partial charge on any atom is 0.194 e. The second kappa shape index (κ2) is 6.84. The molecular weight excluding hydrogens is 314 g/mol. The Morgan fingerprint density at radius 2 is 2.20 bits per heavy atom. The summed E-state index contributed by atoms with van der Waals surface area (Å²) in [5.74, 6) is 1.32. The number of carbonyl (C=O) groups excluding carboxylic acids is 1. The Labute approximate surface area is 147 Å². The van der Waals surface area contributed by atoms with Crippen LogP contribution in [0.1, 0.15) is 47.0 Å². The van der Waals surface area contributed by atoms with Crippen LogP contribution >= 0.6 is 0 Å². The lowest BCUT2D eigenvalue weighted by Gasteiger charge is -2.28. The van der Waals surface area contributed by atoms with Gasteiger partial charge in [-0.3, -0.25) is 4.79 Å². The number of nitrogens with one attached hydrogen (secondary N) is 1. The van der Waals surface area contributed by atoms with E-state index in [0.29, 0.717) is 24.7 Å². The molecule has 1 aromatic carbocycles. The number of piperidine rings is 1. The number of likely N-dealkylation sites (tertiary alicyclic amines) is 1. The monoisotopic (exact) mass is 337 g/mol. The third-order valence-corrected chi connectivity index (χ3v) is 5.24. The first-order valence-electron chi connectivity index (χ1n) is 8.92. The third-order valence-electron chi connectivity index (χ3n) is 5.24. The molecule has 0 saturated carbocycles. The van der Waals surface area contributed by atoms with Gasteiger partial charge in [-0.2, -0.15) is 0 Å². The lowest BCUT2D eigenvalue weighted by molar-refractivity contribution is 0.0980. The van der Waals surface area contributed by atoms with E-state index in [1.165, 1.54) is 23.8 Å². The Hall–Kier alpha value is -2.40. The number of hydrogen-bond donors (Lipinski definition) is 1. The van der Waals surface area contributed by atoms with E-state index in [-0.39, 0.29) is 5.78 Å². The van der Waals surface area contributed by atoms with Crippen molar-refractivity contribution >= 4 is 16.7 Å². The van der Waals surface area contributed by atoms with Crippen LogP contribution in [0.25, 0.3) is 10.9 Å². The number of carbonyl (C=O) groups is 1. The van der Waals surface area contributed by atoms with Crippen LogP contribution in [0, 0.1) is 0 Å². The Morgan fingerprint density at radius 1 is 1.36 bits per heavy atom. The summed E-state index contributed by atoms with van der Waals surface area (Å²) in [5, 5.41) is 1.19. The molecule has 1 fully saturated rings. The van der Waals surface area contributed by atoms with Gasteiger partial charge in [0.2, 0.25) is 0 Å². The number of benzene rings is 1. The molecule has 5 heteroatoms. The van der Waals surface area contributed by atoms with Crippen LogP contribution in [0.3, 0.4) is 0 Å². The SMILES string of the molecule is CN1CCC(c2c[nH]c3ccc(C(=O)CCc4ncco4)cc23)CC1. The summed E-state index contributed by atoms with van der Waals surface area (Å²) in [4.78, 5) is 22.4. The summed E-state index contributed by atoms with van der Waals surface area (Å²) in [5.41, 5.74) is 3.23. The lowest BCUT2D eigenvalue weighted by atomic mass is 9.89. The van der Waals surface area contributed by atoms with Gasteiger partial charge in [-0.15, -0.1) is 0 Å². The Bertz CT molecular complexity index is 858. The lowest BCUT2D eigenvalue weighted by Crippen LogP contribution is -2.29. The number of rotatable bonds is 5. The largest absolute Gasteiger partial charge is 0.449 e. The van der Waals surface area contributed by atoms with Crippen LogP contribution in [0.5, 0.6) is 0 Å². The molecule has 1 aliphatic heterocycles. The van der Waals surface area contributed by atoms with Crippen molar-refractivity contribution in [2.24, 2.45) is 0 Å². The standard InChI is InChI=1S/C20H23N3O2/c1-23-9-6-14(7-10-23)17-13-22-18-3-2-15(12-16(17)18)19(24)4-5-20-21-8-11-25-20/h2-3,8,11-14,22H,4-7,9-10H2,1H3. The predicted octanol–water partition coefficient (Wildman–Crippen LogP) is 3.78. The van der Waals surface area contributed by atoms with Crippen molar-refractivity contribution in [2.75, 3.05) is 20.1 Å². The molecule has 0 bridgehead atoms. The van der Waals surface area contributed by atoms with Gasteiger partial charge < -0.3 is 14.3 Å². The second-order valence-electron chi connectivity index (χ2n) is 6.93. The molecule has 4 rings (SSSR count). The van der Waals surface area contributed by atoms with Crippen molar-refractivity contribution in [1.29, 1.82) is 0 Å². The van der Waals surface area contributed by atoms with E-state index < -0.39 is 0 Å². The summed E-state index contributed by atoms with van der Waals surface area (Å²) >= 11 is 0. The highest BCUT2D eigenvalue weighted by molar-refractivity contribution is 6.00. The quantitative estimate of drug-likeness (QED) is 0.720. The van der Waals surface area contributed by atoms with Gasteiger partial charge in [-0.1, -0.05) is 0 Å². The highest BCUT2D eigenvalue weighted by Crippen LogP contribution is 2.33. The molecule has 0 aliphatic carbocycles. The van der Waals surface area contributed by atoms with E-state index in [0.717, 1.165) is 24.2 Å². The maximum absolute atomic E-state index is 12.5. The summed E-state index contributed by atoms with van der Waals surface area (Å²) in [7, 11) is 2.18. The van der Waals surface area contributed by atoms with Gasteiger partial charge >= 0.3 is 0 Å². The zero-order valence-electron chi connectivity index (χ0n) is 14.5. The van der Waals surface area contributed by atoms with E-state index in [1.54, 1.807) is 12.5 Å². The molecule has 0 atom stereocenters. The van der Waals surface area contributed by atoms with Crippen molar-refractivity contribution in [3.05, 3.63) is 53.9 Å². The predicted molar refractivity (Wildman–Crippen MR) is 96.9 cm³/mol. The van der Waals surface area contributed by atoms with Crippen molar-refractivity contribution in [3.8, 4) is 0 Å². The van der Waals surface area contributed by atoms with Gasteiger partial charge in [0.25, 0.3) is 0 Å². The van der Waals surface area contributed by atoms with Gasteiger partial charge in [0.05, 0.1) is 6.20 Å². The third kappa shape index (κ3) is 3.37. The molecular formula is C20H23N3O2. The van der Waals surface area contributed by atoms with Gasteiger partial charge in [0, 0.05) is 35.5 Å². The highest BCUT2D eigenvalue weighted by Gasteiger charge is 2.21. The first kappa shape index (κ1) is 16.1. The molecule has 0 spiro atoms. The minimum atomic E-state index is 0.135.